The third-order valence-corrected chi connectivity index (χ3v) is 15.3. The number of methoxy groups -OCH3 is 1. The van der Waals surface area contributed by atoms with Gasteiger partial charge in [-0.05, 0) is 155 Å². The first kappa shape index (κ1) is 38.1. The second-order valence-corrected chi connectivity index (χ2v) is 18.2. The maximum atomic E-state index is 12.9. The van der Waals surface area contributed by atoms with Crippen molar-refractivity contribution in [2.75, 3.05) is 52.9 Å². The van der Waals surface area contributed by atoms with Crippen LogP contribution in [-0.2, 0) is 14.3 Å². The summed E-state index contributed by atoms with van der Waals surface area (Å²) < 4.78 is 4.93. The lowest BCUT2D eigenvalue weighted by atomic mass is 9.44. The smallest absolute Gasteiger partial charge is 0.328 e. The van der Waals surface area contributed by atoms with E-state index < -0.39 is 6.04 Å². The summed E-state index contributed by atoms with van der Waals surface area (Å²) in [5.74, 6) is 5.49. The highest BCUT2D eigenvalue weighted by Gasteiger charge is 2.60. The fraction of sp³-hybridized carbons (Fsp3) is 0.951. The Morgan fingerprint density at radius 3 is 2.19 bits per heavy atom. The van der Waals surface area contributed by atoms with Crippen LogP contribution in [0.4, 0.5) is 0 Å². The summed E-state index contributed by atoms with van der Waals surface area (Å²) in [6, 6.07) is -0.559. The van der Waals surface area contributed by atoms with Crippen LogP contribution in [0.3, 0.4) is 0 Å². The summed E-state index contributed by atoms with van der Waals surface area (Å²) in [4.78, 5) is 30.4. The van der Waals surface area contributed by atoms with Crippen LogP contribution in [0, 0.1) is 58.2 Å². The van der Waals surface area contributed by atoms with E-state index in [4.69, 9.17) is 10.5 Å². The zero-order chi connectivity index (χ0) is 34.5. The van der Waals surface area contributed by atoms with Crippen molar-refractivity contribution in [2.45, 2.75) is 137 Å². The van der Waals surface area contributed by atoms with E-state index >= 15 is 0 Å². The van der Waals surface area contributed by atoms with Crippen LogP contribution in [-0.4, -0.2) is 80.6 Å². The van der Waals surface area contributed by atoms with Gasteiger partial charge in [-0.1, -0.05) is 47.5 Å². The molecule has 0 bridgehead atoms. The minimum absolute atomic E-state index is 0.0102. The molecule has 0 aromatic carbocycles. The molecule has 5 unspecified atom stereocenters. The Hall–Kier alpha value is -1.18. The number of fused-ring (bicyclic) bond motifs is 5. The molecule has 5 aliphatic rings. The number of piperazine rings is 1. The molecule has 3 N–H and O–H groups in total. The normalized spacial score (nSPS) is 36.9. The Labute approximate surface area is 294 Å². The molecule has 276 valence electrons. The number of hydrogen-bond donors (Lipinski definition) is 2. The first-order valence-corrected chi connectivity index (χ1v) is 20.5. The fourth-order valence-electron chi connectivity index (χ4n) is 12.3. The van der Waals surface area contributed by atoms with Crippen LogP contribution in [0.25, 0.3) is 0 Å². The third kappa shape index (κ3) is 8.47. The number of unbranched alkanes of at least 4 members (excludes halogenated alkanes) is 1. The second-order valence-electron chi connectivity index (χ2n) is 18.2. The zero-order valence-electron chi connectivity index (χ0n) is 31.9. The molecule has 4 saturated carbocycles. The fourth-order valence-corrected chi connectivity index (χ4v) is 12.3. The molecule has 10 atom stereocenters. The summed E-state index contributed by atoms with van der Waals surface area (Å²) >= 11 is 0. The van der Waals surface area contributed by atoms with Crippen LogP contribution in [0.15, 0.2) is 0 Å². The van der Waals surface area contributed by atoms with E-state index in [0.29, 0.717) is 29.1 Å². The van der Waals surface area contributed by atoms with Crippen LogP contribution in [0.1, 0.15) is 131 Å². The number of nitrogens with one attached hydrogen (secondary N) is 1. The van der Waals surface area contributed by atoms with Gasteiger partial charge >= 0.3 is 5.97 Å². The van der Waals surface area contributed by atoms with Crippen molar-refractivity contribution < 1.29 is 14.3 Å². The maximum absolute atomic E-state index is 12.9. The van der Waals surface area contributed by atoms with Gasteiger partial charge in [-0.3, -0.25) is 4.79 Å². The first-order chi connectivity index (χ1) is 23.0. The molecule has 1 aliphatic heterocycles. The van der Waals surface area contributed by atoms with Gasteiger partial charge in [0.1, 0.15) is 6.04 Å². The number of carbonyl (C=O) groups is 2. The lowest BCUT2D eigenvalue weighted by molar-refractivity contribution is -0.146. The van der Waals surface area contributed by atoms with Crippen molar-refractivity contribution in [1.29, 1.82) is 0 Å². The van der Waals surface area contributed by atoms with Gasteiger partial charge in [0, 0.05) is 32.6 Å². The number of rotatable bonds is 15. The minimum atomic E-state index is -0.559. The van der Waals surface area contributed by atoms with Crippen molar-refractivity contribution in [2.24, 2.45) is 63.9 Å². The van der Waals surface area contributed by atoms with Gasteiger partial charge in [-0.2, -0.15) is 0 Å². The lowest BCUT2D eigenvalue weighted by Gasteiger charge is -2.61. The highest BCUT2D eigenvalue weighted by atomic mass is 16.5. The average Bonchev–Trinajstić information content (AvgIpc) is 3.44. The van der Waals surface area contributed by atoms with Gasteiger partial charge in [0.25, 0.3) is 0 Å². The van der Waals surface area contributed by atoms with Crippen LogP contribution < -0.4 is 11.1 Å². The van der Waals surface area contributed by atoms with E-state index in [0.717, 1.165) is 49.0 Å². The molecular formula is C41H74N4O3. The third-order valence-electron chi connectivity index (χ3n) is 15.3. The number of hydrogen-bond acceptors (Lipinski definition) is 6. The molecular weight excluding hydrogens is 596 g/mol. The van der Waals surface area contributed by atoms with Crippen molar-refractivity contribution >= 4 is 11.9 Å². The molecule has 5 rings (SSSR count). The molecule has 5 fully saturated rings. The van der Waals surface area contributed by atoms with E-state index in [9.17, 15) is 9.59 Å². The van der Waals surface area contributed by atoms with E-state index in [-0.39, 0.29) is 17.8 Å². The van der Waals surface area contributed by atoms with Crippen LogP contribution in [0.2, 0.25) is 0 Å². The van der Waals surface area contributed by atoms with Gasteiger partial charge in [0.15, 0.2) is 0 Å². The highest BCUT2D eigenvalue weighted by molar-refractivity contribution is 5.84. The van der Waals surface area contributed by atoms with E-state index in [2.05, 4.69) is 35.9 Å². The van der Waals surface area contributed by atoms with Gasteiger partial charge in [0.2, 0.25) is 5.91 Å². The predicted molar refractivity (Wildman–Crippen MR) is 196 cm³/mol. The number of carbonyl (C=O) groups excluding carboxylic acids is 2. The molecule has 48 heavy (non-hydrogen) atoms. The maximum Gasteiger partial charge on any atom is 0.328 e. The molecule has 1 amide bonds. The van der Waals surface area contributed by atoms with Crippen molar-refractivity contribution in [3.8, 4) is 0 Å². The summed E-state index contributed by atoms with van der Waals surface area (Å²) in [5, 5.41) is 2.96. The monoisotopic (exact) mass is 671 g/mol. The Balaban J connectivity index is 1.06. The quantitative estimate of drug-likeness (QED) is 0.142. The molecule has 1 heterocycles. The van der Waals surface area contributed by atoms with Gasteiger partial charge in [-0.15, -0.1) is 0 Å². The summed E-state index contributed by atoms with van der Waals surface area (Å²) in [6.45, 7) is 19.9. The number of nitrogens with two attached hydrogens (primary N) is 1. The zero-order valence-corrected chi connectivity index (χ0v) is 31.9. The van der Waals surface area contributed by atoms with Crippen LogP contribution in [0.5, 0.6) is 0 Å². The minimum Gasteiger partial charge on any atom is -0.467 e. The number of amides is 1. The first-order valence-electron chi connectivity index (χ1n) is 20.5. The van der Waals surface area contributed by atoms with Gasteiger partial charge in [0.05, 0.1) is 7.11 Å². The lowest BCUT2D eigenvalue weighted by Crippen LogP contribution is -2.53. The number of nitrogens with zero attached hydrogens (tertiary/aromatic N) is 2. The SMILES string of the molecule is COC(=O)C(NC(=O)CC[C@@H](C)C1CCC2C3CC[C@@H]4C[C@@H](CCCCN5CCN(CCCN)CC5)CC[C@]4(C)C3CC[C@@]21C)C(C)C. The standard InChI is InChI=1S/C41H74N4O3/c1-29(2)38(39(47)48-6)43-37(46)16-11-30(3)34-14-15-35-33-13-12-32-28-31(17-19-40(32,4)36(33)18-20-41(34,35)5)10-7-8-22-44-24-26-45(27-25-44)23-9-21-42/h29-36,38H,7-28,42H2,1-6H3,(H,43,46)/t30-,31+,32-,33?,34?,35?,36?,38?,40+,41-/m1/s1. The molecule has 0 aromatic rings. The Morgan fingerprint density at radius 1 is 0.854 bits per heavy atom. The summed E-state index contributed by atoms with van der Waals surface area (Å²) in [7, 11) is 1.40. The van der Waals surface area contributed by atoms with Crippen LogP contribution >= 0.6 is 0 Å². The van der Waals surface area contributed by atoms with Crippen molar-refractivity contribution in [3.63, 3.8) is 0 Å². The molecule has 0 radical (unpaired) electrons. The van der Waals surface area contributed by atoms with E-state index in [1.165, 1.54) is 123 Å². The molecule has 7 heteroatoms. The molecule has 0 aromatic heterocycles. The average molecular weight is 671 g/mol. The topological polar surface area (TPSA) is 87.9 Å². The largest absolute Gasteiger partial charge is 0.467 e. The summed E-state index contributed by atoms with van der Waals surface area (Å²) in [6.07, 6.45) is 19.7. The second kappa shape index (κ2) is 16.9. The predicted octanol–water partition coefficient (Wildman–Crippen LogP) is 7.13. The molecule has 7 nitrogen and oxygen atoms in total. The van der Waals surface area contributed by atoms with Crippen molar-refractivity contribution in [3.05, 3.63) is 0 Å². The number of ether oxygens (including phenoxy) is 1. The van der Waals surface area contributed by atoms with E-state index in [1.54, 1.807) is 0 Å². The number of esters is 1. The Morgan fingerprint density at radius 2 is 1.52 bits per heavy atom. The Bertz CT molecular complexity index is 1040. The van der Waals surface area contributed by atoms with E-state index in [1.807, 2.05) is 13.8 Å². The summed E-state index contributed by atoms with van der Waals surface area (Å²) in [5.41, 5.74) is 6.68. The molecule has 0 spiro atoms. The van der Waals surface area contributed by atoms with Crippen molar-refractivity contribution in [1.82, 2.24) is 15.1 Å². The van der Waals surface area contributed by atoms with Gasteiger partial charge in [-0.25, -0.2) is 4.79 Å². The molecule has 1 saturated heterocycles. The van der Waals surface area contributed by atoms with Gasteiger partial charge < -0.3 is 25.6 Å². The Kier molecular flexibility index (Phi) is 13.4. The highest BCUT2D eigenvalue weighted by Crippen LogP contribution is 2.68. The molecule has 4 aliphatic carbocycles.